The van der Waals surface area contributed by atoms with Gasteiger partial charge in [-0.2, -0.15) is 0 Å². The molecular formula is C94H108F2N10O12. The van der Waals surface area contributed by atoms with Crippen molar-refractivity contribution >= 4 is 68.2 Å². The van der Waals surface area contributed by atoms with E-state index in [1.807, 2.05) is 40.1 Å². The summed E-state index contributed by atoms with van der Waals surface area (Å²) in [6.07, 6.45) is 7.22. The molecule has 0 atom stereocenters. The van der Waals surface area contributed by atoms with Crippen LogP contribution < -0.4 is 120 Å². The largest absolute Gasteiger partial charge is 0.395 e. The second-order valence-corrected chi connectivity index (χ2v) is 34.2. The van der Waals surface area contributed by atoms with Crippen molar-refractivity contribution in [2.75, 3.05) is 67.9 Å². The molecule has 0 unspecified atom stereocenters. The van der Waals surface area contributed by atoms with Crippen molar-refractivity contribution in [2.45, 2.75) is 173 Å². The number of nitrogens with one attached hydrogen (secondary N) is 2. The van der Waals surface area contributed by atoms with E-state index in [0.29, 0.717) is 88.6 Å². The van der Waals surface area contributed by atoms with Crippen molar-refractivity contribution in [3.63, 3.8) is 0 Å². The lowest BCUT2D eigenvalue weighted by atomic mass is 9.86. The van der Waals surface area contributed by atoms with Gasteiger partial charge in [0.1, 0.15) is 57.1 Å². The molecule has 14 N–H and O–H groups in total. The van der Waals surface area contributed by atoms with Crippen molar-refractivity contribution in [2.24, 2.45) is 35.5 Å². The third-order valence-corrected chi connectivity index (χ3v) is 20.7. The highest BCUT2D eigenvalue weighted by molar-refractivity contribution is 5.84. The number of halogens is 2. The van der Waals surface area contributed by atoms with Crippen LogP contribution in [0.1, 0.15) is 175 Å². The molecule has 2 heterocycles. The molecule has 0 saturated heterocycles. The molecule has 14 rings (SSSR count). The van der Waals surface area contributed by atoms with Crippen molar-refractivity contribution in [1.82, 2.24) is 0 Å². The van der Waals surface area contributed by atoms with E-state index in [-0.39, 0.29) is 75.5 Å². The van der Waals surface area contributed by atoms with Crippen LogP contribution in [0.15, 0.2) is 179 Å². The molecule has 0 radical (unpaired) electrons. The lowest BCUT2D eigenvalue weighted by molar-refractivity contribution is 0.568. The van der Waals surface area contributed by atoms with Crippen molar-refractivity contribution in [3.8, 4) is 0 Å². The minimum absolute atomic E-state index is 0.0136. The number of nitrogen functional groups attached to an aromatic ring is 6. The van der Waals surface area contributed by atoms with Crippen LogP contribution in [-0.4, -0.2) is 13.1 Å². The zero-order valence-electron chi connectivity index (χ0n) is 69.7. The molecule has 0 aliphatic carbocycles. The average molecular weight is 1610 g/mol. The fraction of sp³-hybridized carbons (Fsp3) is 0.362. The fourth-order valence-electron chi connectivity index (χ4n) is 15.0. The van der Waals surface area contributed by atoms with Crippen LogP contribution >= 0.6 is 0 Å². The van der Waals surface area contributed by atoms with Gasteiger partial charge in [-0.3, -0.25) is 57.5 Å². The number of nitrogens with two attached hydrogens (primary N) is 6. The van der Waals surface area contributed by atoms with Gasteiger partial charge in [0.05, 0.1) is 11.4 Å². The SMILES string of the molecule is CC(C)Cc1cc(F)cc(Cc2c(N)c(=O)c2=O)c1.CC(C)Cc1ccc(F)c(CNc2c(N)c(=O)c2=O)c1.CC(C)Cc1ccc2c(c1)N(c1c(N)c(=O)c1=O)CC2.CC(C)Cc1ccc2c(c1)N(c1c(N)c(=O)c1=O)CC2(C)C.CC(C)Cc1cccc(CNc2c(N)c(=O)c2=O)c1.CC(C)Cc1cccc(Cc2c(N)c(=O)c2=O)c1. The standard InChI is InChI=1S/C18H22N2O2.C16H18N2O2.C15H17FN2O2.C15H16FNO2.C15H18N2O2.C15H17NO2/c1-10(2)7-11-5-6-12-13(8-11)20(9-18(12,3)4)15-14(19)16(21)17(15)22;1-9(2)7-10-3-4-11-5-6-18(12(11)8-10)14-13(17)15(19)16(14)20;1-8(2)5-9-3-4-11(16)10(6-9)7-18-13-12(17)14(19)15(13)20;1-8(2)3-9-4-10(6-11(16)5-9)7-12-13(17)15(19)14(12)18;1-9(2)6-10-4-3-5-11(7-10)8-17-13-12(16)14(18)15(13)19;1-9(2)6-10-4-3-5-11(7-10)8-12-13(16)15(18)14(12)17/h5-6,8,10H,7,9,19H2,1-4H3;3-4,8-9H,5-7,17H2,1-2H3;3-4,6,8,18H,5,7,17H2,1-2H3;4-6,8H,3,7,17H2,1-2H3;3-5,7,9,17H,6,8,16H2,1-2H3;3-5,7,9H,6,8,16H2,1-2H3. The summed E-state index contributed by atoms with van der Waals surface area (Å²) in [6.45, 7) is 32.0. The van der Waals surface area contributed by atoms with Gasteiger partial charge in [-0.05, 0) is 172 Å². The maximum absolute atomic E-state index is 13.7. The molecule has 12 aromatic carbocycles. The first-order chi connectivity index (χ1) is 55.5. The Morgan fingerprint density at radius 3 is 1.20 bits per heavy atom. The molecule has 0 aromatic heterocycles. The van der Waals surface area contributed by atoms with Crippen molar-refractivity contribution in [1.29, 1.82) is 0 Å². The molecule has 0 saturated carbocycles. The number of rotatable bonds is 24. The molecule has 0 bridgehead atoms. The number of nitrogens with zero attached hydrogens (tertiary/aromatic N) is 2. The van der Waals surface area contributed by atoms with Gasteiger partial charge in [0, 0.05) is 72.5 Å². The number of hydrogen-bond donors (Lipinski definition) is 8. The van der Waals surface area contributed by atoms with Crippen molar-refractivity contribution < 1.29 is 8.78 Å². The Bertz CT molecular complexity index is 6140. The number of benzene rings is 6. The quantitative estimate of drug-likeness (QED) is 0.0260. The van der Waals surface area contributed by atoms with Gasteiger partial charge in [-0.25, -0.2) is 8.78 Å². The van der Waals surface area contributed by atoms with Gasteiger partial charge in [0.2, 0.25) is 21.7 Å². The highest BCUT2D eigenvalue weighted by Crippen LogP contribution is 2.45. The smallest absolute Gasteiger partial charge is 0.253 e. The maximum atomic E-state index is 13.7. The Morgan fingerprint density at radius 1 is 0.356 bits per heavy atom. The molecule has 22 nitrogen and oxygen atoms in total. The Morgan fingerprint density at radius 2 is 0.729 bits per heavy atom. The zero-order valence-corrected chi connectivity index (χ0v) is 69.7. The van der Waals surface area contributed by atoms with Gasteiger partial charge in [-0.1, -0.05) is 188 Å². The third-order valence-electron chi connectivity index (χ3n) is 20.7. The molecule has 12 aromatic rings. The lowest BCUT2D eigenvalue weighted by Gasteiger charge is -2.24. The number of anilines is 12. The molecule has 0 spiro atoms. The second kappa shape index (κ2) is 37.7. The summed E-state index contributed by atoms with van der Waals surface area (Å²) in [4.78, 5) is 139. The third kappa shape index (κ3) is 20.9. The van der Waals surface area contributed by atoms with Crippen LogP contribution in [0.2, 0.25) is 0 Å². The normalized spacial score (nSPS) is 12.7. The van der Waals surface area contributed by atoms with Gasteiger partial charge in [-0.15, -0.1) is 0 Å². The van der Waals surface area contributed by atoms with E-state index in [1.54, 1.807) is 12.1 Å². The Balaban J connectivity index is 0.000000162. The summed E-state index contributed by atoms with van der Waals surface area (Å²) in [5.74, 6) is 2.57. The van der Waals surface area contributed by atoms with Crippen LogP contribution in [-0.2, 0) is 76.3 Å². The molecule has 24 heteroatoms. The van der Waals surface area contributed by atoms with Gasteiger partial charge >= 0.3 is 0 Å². The highest BCUT2D eigenvalue weighted by Gasteiger charge is 2.40. The van der Waals surface area contributed by atoms with E-state index in [9.17, 15) is 66.3 Å². The van der Waals surface area contributed by atoms with E-state index < -0.39 is 65.1 Å². The minimum atomic E-state index is -0.679. The molecule has 0 fully saturated rings. The molecule has 0 amide bonds. The summed E-state index contributed by atoms with van der Waals surface area (Å²) < 4.78 is 27.2. The van der Waals surface area contributed by atoms with Gasteiger partial charge in [0.15, 0.2) is 0 Å². The summed E-state index contributed by atoms with van der Waals surface area (Å²) in [5, 5.41) is 5.66. The topological polar surface area (TPSA) is 391 Å². The molecule has 118 heavy (non-hydrogen) atoms. The summed E-state index contributed by atoms with van der Waals surface area (Å²) >= 11 is 0. The Kier molecular flexibility index (Phi) is 28.6. The maximum Gasteiger partial charge on any atom is 0.253 e. The fourth-order valence-corrected chi connectivity index (χ4v) is 15.0. The first-order valence-corrected chi connectivity index (χ1v) is 40.0. The predicted molar refractivity (Wildman–Crippen MR) is 475 cm³/mol. The first-order valence-electron chi connectivity index (χ1n) is 40.0. The summed E-state index contributed by atoms with van der Waals surface area (Å²) in [7, 11) is 0. The minimum Gasteiger partial charge on any atom is -0.395 e. The van der Waals surface area contributed by atoms with Gasteiger partial charge in [0.25, 0.3) is 43.4 Å². The lowest BCUT2D eigenvalue weighted by Crippen LogP contribution is -2.41. The van der Waals surface area contributed by atoms with Crippen molar-refractivity contribution in [3.05, 3.63) is 334 Å². The van der Waals surface area contributed by atoms with Crippen LogP contribution in [0.4, 0.5) is 77.0 Å². The molecular weight excluding hydrogens is 1500 g/mol. The van der Waals surface area contributed by atoms with E-state index >= 15 is 0 Å². The second-order valence-electron chi connectivity index (χ2n) is 34.2. The van der Waals surface area contributed by atoms with E-state index in [2.05, 4.69) is 168 Å². The predicted octanol–water partition coefficient (Wildman–Crippen LogP) is 11.2. The monoisotopic (exact) mass is 1610 g/mol. The van der Waals surface area contributed by atoms with E-state index in [4.69, 9.17) is 34.4 Å². The summed E-state index contributed by atoms with van der Waals surface area (Å²) in [6, 6.07) is 38.8. The first kappa shape index (κ1) is 89.6. The van der Waals surface area contributed by atoms with E-state index in [1.165, 1.54) is 51.6 Å². The summed E-state index contributed by atoms with van der Waals surface area (Å²) in [5.41, 5.74) is 43.5. The van der Waals surface area contributed by atoms with E-state index in [0.717, 1.165) is 85.1 Å². The molecule has 620 valence electrons. The Labute approximate surface area is 683 Å². The highest BCUT2D eigenvalue weighted by atomic mass is 19.1. The van der Waals surface area contributed by atoms with Crippen LogP contribution in [0.3, 0.4) is 0 Å². The molecule has 2 aliphatic heterocycles. The van der Waals surface area contributed by atoms with Crippen LogP contribution in [0.25, 0.3) is 0 Å². The van der Waals surface area contributed by atoms with Crippen LogP contribution in [0.5, 0.6) is 0 Å². The zero-order chi connectivity index (χ0) is 87.0. The van der Waals surface area contributed by atoms with Crippen LogP contribution in [0, 0.1) is 47.1 Å². The Hall–Kier alpha value is -12.3. The average Bonchev–Trinajstić information content (AvgIpc) is 1.58. The number of fused-ring (bicyclic) bond motifs is 2. The molecule has 2 aliphatic rings. The van der Waals surface area contributed by atoms with Gasteiger partial charge < -0.3 is 54.8 Å². The number of hydrogen-bond acceptors (Lipinski definition) is 22.